The van der Waals surface area contributed by atoms with Crippen molar-refractivity contribution in [3.05, 3.63) is 35.4 Å². The van der Waals surface area contributed by atoms with Gasteiger partial charge in [0.1, 0.15) is 12.9 Å². The average Bonchev–Trinajstić information content (AvgIpc) is 2.59. The Balaban J connectivity index is 1.83. The largest absolute Gasteiger partial charge is 0.445 e. The van der Waals surface area contributed by atoms with Gasteiger partial charge in [0.05, 0.1) is 5.56 Å². The van der Waals surface area contributed by atoms with Gasteiger partial charge in [-0.3, -0.25) is 4.90 Å². The Labute approximate surface area is 144 Å². The van der Waals surface area contributed by atoms with Crippen LogP contribution in [-0.4, -0.2) is 54.4 Å². The molecule has 1 amide bonds. The molecule has 1 aromatic rings. The quantitative estimate of drug-likeness (QED) is 0.760. The number of piperazine rings is 1. The van der Waals surface area contributed by atoms with E-state index in [4.69, 9.17) is 4.74 Å². The number of carbonyl (C=O) groups excluding carboxylic acids is 2. The lowest BCUT2D eigenvalue weighted by atomic mass is 10.1. The molecule has 0 saturated carbocycles. The maximum absolute atomic E-state index is 12.7. The molecule has 1 unspecified atom stereocenters. The molecule has 138 valence electrons. The third kappa shape index (κ3) is 5.45. The number of hydrogen-bond donors (Lipinski definition) is 0. The number of hydrogen-bond acceptors (Lipinski definition) is 4. The highest BCUT2D eigenvalue weighted by molar-refractivity contribution is 5.67. The van der Waals surface area contributed by atoms with E-state index in [-0.39, 0.29) is 12.6 Å². The zero-order chi connectivity index (χ0) is 18.4. The maximum Gasteiger partial charge on any atom is 0.416 e. The Bertz CT molecular complexity index is 599. The van der Waals surface area contributed by atoms with Crippen molar-refractivity contribution in [2.75, 3.05) is 26.2 Å². The molecule has 1 aromatic carbocycles. The van der Waals surface area contributed by atoms with Crippen molar-refractivity contribution in [2.24, 2.45) is 0 Å². The van der Waals surface area contributed by atoms with Crippen LogP contribution < -0.4 is 0 Å². The summed E-state index contributed by atoms with van der Waals surface area (Å²) in [4.78, 5) is 26.3. The van der Waals surface area contributed by atoms with E-state index in [1.165, 1.54) is 17.0 Å². The first-order chi connectivity index (χ1) is 11.8. The molecular formula is C17H21F3N2O3. The van der Waals surface area contributed by atoms with Crippen LogP contribution in [0, 0.1) is 0 Å². The fourth-order valence-electron chi connectivity index (χ4n) is 2.71. The Morgan fingerprint density at radius 1 is 1.28 bits per heavy atom. The lowest BCUT2D eigenvalue weighted by molar-refractivity contribution is -0.137. The third-order valence-corrected chi connectivity index (χ3v) is 4.25. The SMILES string of the molecule is CC(CC=O)N1CCN(C(=O)OCc2cccc(C(F)(F)F)c2)CC1. The van der Waals surface area contributed by atoms with E-state index in [0.717, 1.165) is 18.4 Å². The number of ether oxygens (including phenoxy) is 1. The minimum absolute atomic E-state index is 0.126. The molecule has 1 fully saturated rings. The smallest absolute Gasteiger partial charge is 0.416 e. The first-order valence-electron chi connectivity index (χ1n) is 8.07. The zero-order valence-corrected chi connectivity index (χ0v) is 14.0. The number of benzene rings is 1. The number of rotatable bonds is 5. The van der Waals surface area contributed by atoms with Crippen molar-refractivity contribution in [1.82, 2.24) is 9.80 Å². The number of carbonyl (C=O) groups is 2. The molecular weight excluding hydrogens is 337 g/mol. The monoisotopic (exact) mass is 358 g/mol. The Kier molecular flexibility index (Phi) is 6.41. The van der Waals surface area contributed by atoms with Crippen LogP contribution in [0.1, 0.15) is 24.5 Å². The Morgan fingerprint density at radius 3 is 2.56 bits per heavy atom. The molecule has 0 aliphatic carbocycles. The van der Waals surface area contributed by atoms with E-state index in [9.17, 15) is 22.8 Å². The minimum Gasteiger partial charge on any atom is -0.445 e. The average molecular weight is 358 g/mol. The van der Waals surface area contributed by atoms with E-state index >= 15 is 0 Å². The van der Waals surface area contributed by atoms with Gasteiger partial charge < -0.3 is 14.4 Å². The number of aldehydes is 1. The highest BCUT2D eigenvalue weighted by Crippen LogP contribution is 2.29. The van der Waals surface area contributed by atoms with Gasteiger partial charge in [-0.1, -0.05) is 12.1 Å². The summed E-state index contributed by atoms with van der Waals surface area (Å²) in [7, 11) is 0. The van der Waals surface area contributed by atoms with E-state index in [1.54, 1.807) is 0 Å². The van der Waals surface area contributed by atoms with Crippen LogP contribution >= 0.6 is 0 Å². The fraction of sp³-hybridized carbons (Fsp3) is 0.529. The second-order valence-corrected chi connectivity index (χ2v) is 6.03. The maximum atomic E-state index is 12.7. The van der Waals surface area contributed by atoms with Crippen molar-refractivity contribution in [2.45, 2.75) is 32.2 Å². The first kappa shape index (κ1) is 19.2. The molecule has 0 radical (unpaired) electrons. The second-order valence-electron chi connectivity index (χ2n) is 6.03. The summed E-state index contributed by atoms with van der Waals surface area (Å²) < 4.78 is 43.1. The van der Waals surface area contributed by atoms with Gasteiger partial charge in [-0.2, -0.15) is 13.2 Å². The van der Waals surface area contributed by atoms with Crippen LogP contribution in [-0.2, 0) is 22.3 Å². The number of amides is 1. The topological polar surface area (TPSA) is 49.9 Å². The molecule has 25 heavy (non-hydrogen) atoms. The summed E-state index contributed by atoms with van der Waals surface area (Å²) in [6.07, 6.45) is -3.64. The summed E-state index contributed by atoms with van der Waals surface area (Å²) in [5.74, 6) is 0. The van der Waals surface area contributed by atoms with Crippen molar-refractivity contribution >= 4 is 12.4 Å². The van der Waals surface area contributed by atoms with Crippen molar-refractivity contribution < 1.29 is 27.5 Å². The molecule has 0 spiro atoms. The standard InChI is InChI=1S/C17H21F3N2O3/c1-13(5-10-23)21-6-8-22(9-7-21)16(24)25-12-14-3-2-4-15(11-14)17(18,19)20/h2-4,10-11,13H,5-9,12H2,1H3. The molecule has 1 aliphatic rings. The van der Waals surface area contributed by atoms with Crippen molar-refractivity contribution in [1.29, 1.82) is 0 Å². The highest BCUT2D eigenvalue weighted by Gasteiger charge is 2.30. The first-order valence-corrected chi connectivity index (χ1v) is 8.07. The molecule has 2 rings (SSSR count). The molecule has 0 N–H and O–H groups in total. The van der Waals surface area contributed by atoms with Crippen LogP contribution in [0.15, 0.2) is 24.3 Å². The van der Waals surface area contributed by atoms with Gasteiger partial charge in [-0.25, -0.2) is 4.79 Å². The van der Waals surface area contributed by atoms with Crippen molar-refractivity contribution in [3.8, 4) is 0 Å². The van der Waals surface area contributed by atoms with E-state index in [2.05, 4.69) is 4.90 Å². The van der Waals surface area contributed by atoms with E-state index in [0.29, 0.717) is 38.2 Å². The molecule has 5 nitrogen and oxygen atoms in total. The number of alkyl halides is 3. The van der Waals surface area contributed by atoms with E-state index < -0.39 is 17.8 Å². The summed E-state index contributed by atoms with van der Waals surface area (Å²) in [6.45, 7) is 3.94. The van der Waals surface area contributed by atoms with Gasteiger partial charge in [0.15, 0.2) is 0 Å². The third-order valence-electron chi connectivity index (χ3n) is 4.25. The predicted molar refractivity (Wildman–Crippen MR) is 84.9 cm³/mol. The lowest BCUT2D eigenvalue weighted by Gasteiger charge is -2.37. The van der Waals surface area contributed by atoms with Gasteiger partial charge in [0.2, 0.25) is 0 Å². The van der Waals surface area contributed by atoms with Crippen LogP contribution in [0.2, 0.25) is 0 Å². The Morgan fingerprint density at radius 2 is 1.96 bits per heavy atom. The molecule has 1 aliphatic heterocycles. The summed E-state index contributed by atoms with van der Waals surface area (Å²) in [5, 5.41) is 0. The highest BCUT2D eigenvalue weighted by atomic mass is 19.4. The predicted octanol–water partition coefficient (Wildman–Crippen LogP) is 2.94. The van der Waals surface area contributed by atoms with Gasteiger partial charge in [-0.05, 0) is 24.6 Å². The number of nitrogens with zero attached hydrogens (tertiary/aromatic N) is 2. The fourth-order valence-corrected chi connectivity index (χ4v) is 2.71. The second kappa shape index (κ2) is 8.33. The molecule has 1 heterocycles. The lowest BCUT2D eigenvalue weighted by Crippen LogP contribution is -2.51. The molecule has 1 atom stereocenters. The zero-order valence-electron chi connectivity index (χ0n) is 14.0. The van der Waals surface area contributed by atoms with E-state index in [1.807, 2.05) is 6.92 Å². The van der Waals surface area contributed by atoms with Gasteiger partial charge in [0, 0.05) is 38.6 Å². The van der Waals surface area contributed by atoms with Gasteiger partial charge in [-0.15, -0.1) is 0 Å². The van der Waals surface area contributed by atoms with Crippen LogP contribution in [0.25, 0.3) is 0 Å². The molecule has 0 aromatic heterocycles. The summed E-state index contributed by atoms with van der Waals surface area (Å²) in [5.41, 5.74) is -0.472. The van der Waals surface area contributed by atoms with Crippen LogP contribution in [0.5, 0.6) is 0 Å². The number of halogens is 3. The summed E-state index contributed by atoms with van der Waals surface area (Å²) >= 11 is 0. The van der Waals surface area contributed by atoms with Crippen LogP contribution in [0.4, 0.5) is 18.0 Å². The molecule has 8 heteroatoms. The summed E-state index contributed by atoms with van der Waals surface area (Å²) in [6, 6.07) is 4.86. The van der Waals surface area contributed by atoms with Gasteiger partial charge in [0.25, 0.3) is 0 Å². The van der Waals surface area contributed by atoms with Crippen LogP contribution in [0.3, 0.4) is 0 Å². The normalized spacial score (nSPS) is 17.2. The molecule has 0 bridgehead atoms. The van der Waals surface area contributed by atoms with Gasteiger partial charge >= 0.3 is 12.3 Å². The minimum atomic E-state index is -4.42. The van der Waals surface area contributed by atoms with Crippen molar-refractivity contribution in [3.63, 3.8) is 0 Å². The molecule has 1 saturated heterocycles. The Hall–Kier alpha value is -2.09.